The summed E-state index contributed by atoms with van der Waals surface area (Å²) in [5.41, 5.74) is 1.41. The van der Waals surface area contributed by atoms with E-state index in [1.807, 2.05) is 24.3 Å². The van der Waals surface area contributed by atoms with E-state index in [2.05, 4.69) is 9.62 Å². The molecular weight excluding hydrogens is 430 g/mol. The molecule has 2 aromatic rings. The number of piperazine rings is 1. The van der Waals surface area contributed by atoms with E-state index in [1.54, 1.807) is 44.9 Å². The van der Waals surface area contributed by atoms with Gasteiger partial charge in [0.1, 0.15) is 16.4 Å². The van der Waals surface area contributed by atoms with Gasteiger partial charge in [-0.2, -0.15) is 0 Å². The molecule has 0 saturated carbocycles. The second kappa shape index (κ2) is 10.2. The Morgan fingerprint density at radius 1 is 1.06 bits per heavy atom. The summed E-state index contributed by atoms with van der Waals surface area (Å²) in [6.07, 6.45) is 0. The van der Waals surface area contributed by atoms with Crippen LogP contribution in [-0.4, -0.2) is 65.2 Å². The van der Waals surface area contributed by atoms with E-state index in [9.17, 15) is 13.2 Å². The molecule has 9 heteroatoms. The predicted molar refractivity (Wildman–Crippen MR) is 124 cm³/mol. The van der Waals surface area contributed by atoms with Crippen molar-refractivity contribution < 1.29 is 22.7 Å². The Morgan fingerprint density at radius 3 is 2.28 bits per heavy atom. The van der Waals surface area contributed by atoms with Crippen LogP contribution in [0.15, 0.2) is 47.4 Å². The normalized spacial score (nSPS) is 14.5. The molecule has 1 aliphatic rings. The zero-order valence-corrected chi connectivity index (χ0v) is 19.8. The summed E-state index contributed by atoms with van der Waals surface area (Å²) in [7, 11) is -2.18. The number of nitrogens with zero attached hydrogens (tertiary/aromatic N) is 2. The van der Waals surface area contributed by atoms with Crippen LogP contribution in [0, 0.1) is 0 Å². The SMILES string of the molecule is CCOc1ccc(C(=O)N2CCN(c3ccc(OC)cc3)CC2)cc1S(=O)(=O)NC(C)C. The molecule has 0 atom stereocenters. The number of rotatable bonds is 8. The average molecular weight is 462 g/mol. The van der Waals surface area contributed by atoms with Gasteiger partial charge in [-0.1, -0.05) is 0 Å². The number of carbonyl (C=O) groups is 1. The van der Waals surface area contributed by atoms with Gasteiger partial charge in [0.2, 0.25) is 10.0 Å². The molecule has 1 saturated heterocycles. The Bertz CT molecular complexity index is 1030. The minimum atomic E-state index is -3.81. The van der Waals surface area contributed by atoms with E-state index in [1.165, 1.54) is 6.07 Å². The molecule has 1 heterocycles. The van der Waals surface area contributed by atoms with Crippen LogP contribution >= 0.6 is 0 Å². The summed E-state index contributed by atoms with van der Waals surface area (Å²) in [6, 6.07) is 12.1. The van der Waals surface area contributed by atoms with E-state index in [-0.39, 0.29) is 22.6 Å². The maximum atomic E-state index is 13.1. The number of benzene rings is 2. The van der Waals surface area contributed by atoms with Crippen molar-refractivity contribution in [1.29, 1.82) is 0 Å². The summed E-state index contributed by atoms with van der Waals surface area (Å²) < 4.78 is 38.9. The van der Waals surface area contributed by atoms with Crippen LogP contribution in [-0.2, 0) is 10.0 Å². The number of sulfonamides is 1. The number of amides is 1. The quantitative estimate of drug-likeness (QED) is 0.650. The highest BCUT2D eigenvalue weighted by Gasteiger charge is 2.26. The lowest BCUT2D eigenvalue weighted by molar-refractivity contribution is 0.0746. The monoisotopic (exact) mass is 461 g/mol. The van der Waals surface area contributed by atoms with E-state index in [4.69, 9.17) is 9.47 Å². The maximum Gasteiger partial charge on any atom is 0.254 e. The first-order chi connectivity index (χ1) is 15.2. The third-order valence-corrected chi connectivity index (χ3v) is 6.86. The Balaban J connectivity index is 1.75. The summed E-state index contributed by atoms with van der Waals surface area (Å²) in [5.74, 6) is 0.848. The van der Waals surface area contributed by atoms with Crippen LogP contribution in [0.25, 0.3) is 0 Å². The minimum Gasteiger partial charge on any atom is -0.497 e. The Hall–Kier alpha value is -2.78. The first kappa shape index (κ1) is 23.9. The first-order valence-corrected chi connectivity index (χ1v) is 12.2. The van der Waals surface area contributed by atoms with Gasteiger partial charge in [0.25, 0.3) is 5.91 Å². The summed E-state index contributed by atoms with van der Waals surface area (Å²) in [4.78, 5) is 17.1. The zero-order chi connectivity index (χ0) is 23.3. The Labute approximate surface area is 190 Å². The predicted octanol–water partition coefficient (Wildman–Crippen LogP) is 2.74. The summed E-state index contributed by atoms with van der Waals surface area (Å²) >= 11 is 0. The van der Waals surface area contributed by atoms with Gasteiger partial charge in [0, 0.05) is 43.5 Å². The molecule has 1 fully saturated rings. The molecular formula is C23H31N3O5S. The van der Waals surface area contributed by atoms with Crippen molar-refractivity contribution in [1.82, 2.24) is 9.62 Å². The van der Waals surface area contributed by atoms with E-state index < -0.39 is 10.0 Å². The molecule has 0 radical (unpaired) electrons. The molecule has 0 aliphatic carbocycles. The molecule has 0 spiro atoms. The van der Waals surface area contributed by atoms with E-state index >= 15 is 0 Å². The van der Waals surface area contributed by atoms with Crippen molar-refractivity contribution in [3.8, 4) is 11.5 Å². The minimum absolute atomic E-state index is 0.0178. The number of anilines is 1. The summed E-state index contributed by atoms with van der Waals surface area (Å²) in [6.45, 7) is 8.07. The van der Waals surface area contributed by atoms with Crippen LogP contribution in [0.5, 0.6) is 11.5 Å². The van der Waals surface area contributed by atoms with Gasteiger partial charge in [0.05, 0.1) is 13.7 Å². The highest BCUT2D eigenvalue weighted by Crippen LogP contribution is 2.27. The van der Waals surface area contributed by atoms with Gasteiger partial charge >= 0.3 is 0 Å². The molecule has 1 N–H and O–H groups in total. The highest BCUT2D eigenvalue weighted by molar-refractivity contribution is 7.89. The molecule has 8 nitrogen and oxygen atoms in total. The molecule has 0 bridgehead atoms. The van der Waals surface area contributed by atoms with Gasteiger partial charge in [-0.3, -0.25) is 4.79 Å². The molecule has 0 aromatic heterocycles. The van der Waals surface area contributed by atoms with Gasteiger partial charge in [0.15, 0.2) is 0 Å². The third-order valence-electron chi connectivity index (χ3n) is 5.18. The number of hydrogen-bond acceptors (Lipinski definition) is 6. The largest absolute Gasteiger partial charge is 0.497 e. The lowest BCUT2D eigenvalue weighted by Crippen LogP contribution is -2.48. The molecule has 0 unspecified atom stereocenters. The van der Waals surface area contributed by atoms with Crippen molar-refractivity contribution >= 4 is 21.6 Å². The van der Waals surface area contributed by atoms with Crippen LogP contribution in [0.3, 0.4) is 0 Å². The average Bonchev–Trinajstić information content (AvgIpc) is 2.78. The Morgan fingerprint density at radius 2 is 1.72 bits per heavy atom. The smallest absolute Gasteiger partial charge is 0.254 e. The lowest BCUT2D eigenvalue weighted by atomic mass is 10.1. The molecule has 3 rings (SSSR count). The van der Waals surface area contributed by atoms with Crippen molar-refractivity contribution in [2.24, 2.45) is 0 Å². The molecule has 32 heavy (non-hydrogen) atoms. The fourth-order valence-electron chi connectivity index (χ4n) is 3.64. The van der Waals surface area contributed by atoms with Crippen LogP contribution < -0.4 is 19.1 Å². The van der Waals surface area contributed by atoms with Gasteiger partial charge in [-0.15, -0.1) is 0 Å². The van der Waals surface area contributed by atoms with Gasteiger partial charge in [-0.25, -0.2) is 13.1 Å². The summed E-state index contributed by atoms with van der Waals surface area (Å²) in [5, 5.41) is 0. The fourth-order valence-corrected chi connectivity index (χ4v) is 5.06. The van der Waals surface area contributed by atoms with Gasteiger partial charge in [-0.05, 0) is 63.2 Å². The van der Waals surface area contributed by atoms with E-state index in [0.29, 0.717) is 38.3 Å². The standard InChI is InChI=1S/C23H31N3O5S/c1-5-31-21-11-6-18(16-22(21)32(28,29)24-17(2)3)23(27)26-14-12-25(13-15-26)19-7-9-20(30-4)10-8-19/h6-11,16-17,24H,5,12-15H2,1-4H3. The van der Waals surface area contributed by atoms with Crippen molar-refractivity contribution in [2.75, 3.05) is 44.8 Å². The second-order valence-corrected chi connectivity index (χ2v) is 9.53. The zero-order valence-electron chi connectivity index (χ0n) is 19.0. The number of ether oxygens (including phenoxy) is 2. The first-order valence-electron chi connectivity index (χ1n) is 10.7. The maximum absolute atomic E-state index is 13.1. The topological polar surface area (TPSA) is 88.2 Å². The lowest BCUT2D eigenvalue weighted by Gasteiger charge is -2.36. The third kappa shape index (κ3) is 5.52. The van der Waals surface area contributed by atoms with Crippen LogP contribution in [0.4, 0.5) is 5.69 Å². The molecule has 174 valence electrons. The van der Waals surface area contributed by atoms with Crippen molar-refractivity contribution in [2.45, 2.75) is 31.7 Å². The van der Waals surface area contributed by atoms with Gasteiger partial charge < -0.3 is 19.3 Å². The second-order valence-electron chi connectivity index (χ2n) is 7.85. The molecule has 1 aliphatic heterocycles. The molecule has 1 amide bonds. The number of methoxy groups -OCH3 is 1. The number of nitrogens with one attached hydrogen (secondary N) is 1. The van der Waals surface area contributed by atoms with Crippen molar-refractivity contribution in [3.05, 3.63) is 48.0 Å². The van der Waals surface area contributed by atoms with Crippen LogP contribution in [0.2, 0.25) is 0 Å². The van der Waals surface area contributed by atoms with Crippen LogP contribution in [0.1, 0.15) is 31.1 Å². The highest BCUT2D eigenvalue weighted by atomic mass is 32.2. The number of carbonyl (C=O) groups excluding carboxylic acids is 1. The van der Waals surface area contributed by atoms with Crippen molar-refractivity contribution in [3.63, 3.8) is 0 Å². The fraction of sp³-hybridized carbons (Fsp3) is 0.435. The number of hydrogen-bond donors (Lipinski definition) is 1. The van der Waals surface area contributed by atoms with E-state index in [0.717, 1.165) is 11.4 Å². The Kier molecular flexibility index (Phi) is 7.63. The molecule has 2 aromatic carbocycles.